The first-order valence-electron chi connectivity index (χ1n) is 6.56. The van der Waals surface area contributed by atoms with Crippen molar-refractivity contribution < 1.29 is 4.74 Å². The molecule has 0 spiro atoms. The van der Waals surface area contributed by atoms with Crippen molar-refractivity contribution in [3.8, 4) is 5.06 Å². The van der Waals surface area contributed by atoms with Gasteiger partial charge in [-0.1, -0.05) is 18.6 Å². The lowest BCUT2D eigenvalue weighted by molar-refractivity contribution is 0.224. The number of benzene rings is 1. The maximum absolute atomic E-state index is 5.98. The molecule has 2 atom stereocenters. The molecule has 0 aliphatic heterocycles. The van der Waals surface area contributed by atoms with Crippen LogP contribution in [-0.2, 0) is 0 Å². The van der Waals surface area contributed by atoms with Gasteiger partial charge in [-0.2, -0.15) is 4.37 Å². The molecule has 0 saturated heterocycles. The van der Waals surface area contributed by atoms with E-state index in [1.807, 2.05) is 18.2 Å². The van der Waals surface area contributed by atoms with Gasteiger partial charge in [-0.25, -0.2) is 0 Å². The third-order valence-electron chi connectivity index (χ3n) is 3.90. The molecule has 18 heavy (non-hydrogen) atoms. The van der Waals surface area contributed by atoms with Crippen molar-refractivity contribution >= 4 is 22.4 Å². The lowest BCUT2D eigenvalue weighted by Gasteiger charge is -2.17. The van der Waals surface area contributed by atoms with Crippen molar-refractivity contribution in [1.29, 1.82) is 0 Å². The number of nitrogens with zero attached hydrogens (tertiary/aromatic N) is 1. The first-order valence-corrected chi connectivity index (χ1v) is 7.33. The zero-order chi connectivity index (χ0) is 12.4. The van der Waals surface area contributed by atoms with E-state index >= 15 is 0 Å². The third kappa shape index (κ3) is 2.22. The van der Waals surface area contributed by atoms with Gasteiger partial charge < -0.3 is 10.5 Å². The standard InChI is InChI=1S/C14H18N2OS/c15-8-10-4-3-5-11(10)9-17-14-12-6-1-2-7-13(12)16-18-14/h1-2,6-7,10-11H,3-5,8-9,15H2. The smallest absolute Gasteiger partial charge is 0.201 e. The molecule has 2 unspecified atom stereocenters. The first kappa shape index (κ1) is 11.9. The maximum atomic E-state index is 5.98. The van der Waals surface area contributed by atoms with Gasteiger partial charge in [0.25, 0.3) is 0 Å². The molecular formula is C14H18N2OS. The molecule has 3 rings (SSSR count). The van der Waals surface area contributed by atoms with Crippen molar-refractivity contribution in [2.24, 2.45) is 17.6 Å². The lowest BCUT2D eigenvalue weighted by Crippen LogP contribution is -2.23. The topological polar surface area (TPSA) is 48.1 Å². The van der Waals surface area contributed by atoms with Crippen molar-refractivity contribution in [1.82, 2.24) is 4.37 Å². The van der Waals surface area contributed by atoms with Crippen LogP contribution in [0.15, 0.2) is 24.3 Å². The molecule has 1 saturated carbocycles. The number of fused-ring (bicyclic) bond motifs is 1. The molecule has 0 amide bonds. The minimum atomic E-state index is 0.621. The maximum Gasteiger partial charge on any atom is 0.201 e. The van der Waals surface area contributed by atoms with Crippen LogP contribution in [0.1, 0.15) is 19.3 Å². The van der Waals surface area contributed by atoms with Gasteiger partial charge in [-0.15, -0.1) is 0 Å². The second-order valence-electron chi connectivity index (χ2n) is 4.98. The van der Waals surface area contributed by atoms with E-state index in [2.05, 4.69) is 10.4 Å². The number of aromatic nitrogens is 1. The number of hydrogen-bond donors (Lipinski definition) is 1. The summed E-state index contributed by atoms with van der Waals surface area (Å²) in [6.07, 6.45) is 3.80. The van der Waals surface area contributed by atoms with Gasteiger partial charge in [0.05, 0.1) is 17.5 Å². The van der Waals surface area contributed by atoms with E-state index in [1.165, 1.54) is 30.8 Å². The third-order valence-corrected chi connectivity index (χ3v) is 4.69. The van der Waals surface area contributed by atoms with E-state index in [9.17, 15) is 0 Å². The average molecular weight is 262 g/mol. The Labute approximate surface area is 111 Å². The summed E-state index contributed by atoms with van der Waals surface area (Å²) in [7, 11) is 0. The summed E-state index contributed by atoms with van der Waals surface area (Å²) in [5, 5.41) is 2.08. The number of nitrogens with two attached hydrogens (primary N) is 1. The van der Waals surface area contributed by atoms with Crippen LogP contribution in [0.3, 0.4) is 0 Å². The van der Waals surface area contributed by atoms with Gasteiger partial charge in [-0.05, 0) is 43.4 Å². The van der Waals surface area contributed by atoms with E-state index < -0.39 is 0 Å². The molecule has 1 fully saturated rings. The average Bonchev–Trinajstić information content (AvgIpc) is 3.02. The molecule has 4 heteroatoms. The summed E-state index contributed by atoms with van der Waals surface area (Å²) in [4.78, 5) is 0. The Hall–Kier alpha value is -1.13. The molecular weight excluding hydrogens is 244 g/mol. The fourth-order valence-corrected chi connectivity index (χ4v) is 3.53. The Morgan fingerprint density at radius 2 is 2.11 bits per heavy atom. The van der Waals surface area contributed by atoms with E-state index in [-0.39, 0.29) is 0 Å². The van der Waals surface area contributed by atoms with Crippen molar-refractivity contribution in [2.75, 3.05) is 13.2 Å². The van der Waals surface area contributed by atoms with Crippen LogP contribution >= 0.6 is 11.5 Å². The molecule has 0 bridgehead atoms. The quantitative estimate of drug-likeness (QED) is 0.921. The van der Waals surface area contributed by atoms with Crippen LogP contribution in [0.5, 0.6) is 5.06 Å². The fourth-order valence-electron chi connectivity index (χ4n) is 2.80. The molecule has 0 radical (unpaired) electrons. The van der Waals surface area contributed by atoms with E-state index in [1.54, 1.807) is 0 Å². The SMILES string of the molecule is NCC1CCCC1COc1snc2ccccc12. The van der Waals surface area contributed by atoms with Crippen LogP contribution in [0, 0.1) is 11.8 Å². The Morgan fingerprint density at radius 1 is 1.28 bits per heavy atom. The fraction of sp³-hybridized carbons (Fsp3) is 0.500. The summed E-state index contributed by atoms with van der Waals surface area (Å²) in [5.41, 5.74) is 6.83. The highest BCUT2D eigenvalue weighted by Gasteiger charge is 2.26. The van der Waals surface area contributed by atoms with Gasteiger partial charge >= 0.3 is 0 Å². The Kier molecular flexibility index (Phi) is 3.48. The monoisotopic (exact) mass is 262 g/mol. The number of rotatable bonds is 4. The van der Waals surface area contributed by atoms with Crippen LogP contribution in [-0.4, -0.2) is 17.5 Å². The van der Waals surface area contributed by atoms with Crippen LogP contribution in [0.4, 0.5) is 0 Å². The molecule has 1 aliphatic carbocycles. The van der Waals surface area contributed by atoms with E-state index in [0.717, 1.165) is 29.1 Å². The van der Waals surface area contributed by atoms with Gasteiger partial charge in [0.2, 0.25) is 5.06 Å². The largest absolute Gasteiger partial charge is 0.482 e. The molecule has 2 aromatic rings. The van der Waals surface area contributed by atoms with Crippen molar-refractivity contribution in [3.63, 3.8) is 0 Å². The summed E-state index contributed by atoms with van der Waals surface area (Å²) in [6, 6.07) is 8.13. The van der Waals surface area contributed by atoms with Crippen molar-refractivity contribution in [3.05, 3.63) is 24.3 Å². The summed E-state index contributed by atoms with van der Waals surface area (Å²) < 4.78 is 10.4. The normalized spacial score (nSPS) is 23.6. The van der Waals surface area contributed by atoms with Gasteiger partial charge in [0.1, 0.15) is 0 Å². The first-order chi connectivity index (χ1) is 8.88. The lowest BCUT2D eigenvalue weighted by atomic mass is 9.97. The highest BCUT2D eigenvalue weighted by Crippen LogP contribution is 2.34. The minimum Gasteiger partial charge on any atom is -0.482 e. The van der Waals surface area contributed by atoms with E-state index in [4.69, 9.17) is 10.5 Å². The van der Waals surface area contributed by atoms with Crippen LogP contribution < -0.4 is 10.5 Å². The molecule has 2 N–H and O–H groups in total. The Morgan fingerprint density at radius 3 is 3.00 bits per heavy atom. The number of ether oxygens (including phenoxy) is 1. The second-order valence-corrected chi connectivity index (χ2v) is 5.72. The molecule has 1 aromatic heterocycles. The van der Waals surface area contributed by atoms with E-state index in [0.29, 0.717) is 11.8 Å². The summed E-state index contributed by atoms with van der Waals surface area (Å²) >= 11 is 1.45. The van der Waals surface area contributed by atoms with Gasteiger partial charge in [0, 0.05) is 11.5 Å². The predicted octanol–water partition coefficient (Wildman–Crippen LogP) is 3.05. The summed E-state index contributed by atoms with van der Waals surface area (Å²) in [5.74, 6) is 1.26. The molecule has 3 nitrogen and oxygen atoms in total. The number of hydrogen-bond acceptors (Lipinski definition) is 4. The predicted molar refractivity (Wildman–Crippen MR) is 75.0 cm³/mol. The highest BCUT2D eigenvalue weighted by molar-refractivity contribution is 7.09. The van der Waals surface area contributed by atoms with Gasteiger partial charge in [-0.3, -0.25) is 0 Å². The van der Waals surface area contributed by atoms with Crippen molar-refractivity contribution in [2.45, 2.75) is 19.3 Å². The molecule has 1 aromatic carbocycles. The molecule has 1 heterocycles. The molecule has 1 aliphatic rings. The van der Waals surface area contributed by atoms with Crippen LogP contribution in [0.2, 0.25) is 0 Å². The van der Waals surface area contributed by atoms with Gasteiger partial charge in [0.15, 0.2) is 0 Å². The molecule has 96 valence electrons. The Bertz CT molecular complexity index is 525. The second kappa shape index (κ2) is 5.24. The highest BCUT2D eigenvalue weighted by atomic mass is 32.1. The zero-order valence-electron chi connectivity index (χ0n) is 10.3. The summed E-state index contributed by atoms with van der Waals surface area (Å²) in [6.45, 7) is 1.57. The zero-order valence-corrected chi connectivity index (χ0v) is 11.2. The Balaban J connectivity index is 1.69. The van der Waals surface area contributed by atoms with Crippen LogP contribution in [0.25, 0.3) is 10.9 Å². The minimum absolute atomic E-state index is 0.621.